The molecule has 0 aliphatic carbocycles. The summed E-state index contributed by atoms with van der Waals surface area (Å²) in [5.41, 5.74) is 11.6. The number of carbonyl (C=O) groups excluding carboxylic acids is 2. The number of hydrogen-bond acceptors (Lipinski definition) is 18. The molecule has 3 aliphatic heterocycles. The third-order valence-electron chi connectivity index (χ3n) is 11.5. The monoisotopic (exact) mass is 938 g/mol. The Morgan fingerprint density at radius 3 is 1.95 bits per heavy atom. The molecule has 1 amide bonds. The zero-order valence-corrected chi connectivity index (χ0v) is 37.9. The lowest BCUT2D eigenvalue weighted by molar-refractivity contribution is -0.304. The van der Waals surface area contributed by atoms with Crippen molar-refractivity contribution in [2.75, 3.05) is 19.7 Å². The molecule has 2 saturated heterocycles. The van der Waals surface area contributed by atoms with Crippen LogP contribution >= 0.6 is 0 Å². The molecular formula is C47H75N3O16. The van der Waals surface area contributed by atoms with Crippen LogP contribution in [0, 0.1) is 11.8 Å². The number of aliphatic hydroxyl groups excluding tert-OH is 9. The van der Waals surface area contributed by atoms with Crippen LogP contribution in [-0.4, -0.2) is 174 Å². The van der Waals surface area contributed by atoms with Gasteiger partial charge in [0.1, 0.15) is 12.2 Å². The molecule has 3 aliphatic rings. The zero-order valence-electron chi connectivity index (χ0n) is 37.9. The molecule has 0 radical (unpaired) electrons. The molecule has 17 atom stereocenters. The smallest absolute Gasteiger partial charge is 0.308 e. The Balaban J connectivity index is 1.88. The Morgan fingerprint density at radius 2 is 1.33 bits per heavy atom. The number of nitrogens with one attached hydrogen (secondary N) is 1. The molecule has 3 heterocycles. The molecule has 15 N–H and O–H groups in total. The van der Waals surface area contributed by atoms with Crippen LogP contribution in [0.4, 0.5) is 0 Å². The van der Waals surface area contributed by atoms with Gasteiger partial charge in [-0.1, -0.05) is 92.0 Å². The molecule has 0 spiro atoms. The van der Waals surface area contributed by atoms with Gasteiger partial charge in [0, 0.05) is 51.1 Å². The highest BCUT2D eigenvalue weighted by Crippen LogP contribution is 2.38. The number of nitrogens with two attached hydrogens (primary N) is 2. The fourth-order valence-corrected chi connectivity index (χ4v) is 7.82. The Bertz CT molecular complexity index is 1660. The van der Waals surface area contributed by atoms with Gasteiger partial charge in [-0.2, -0.15) is 0 Å². The first-order chi connectivity index (χ1) is 31.3. The van der Waals surface area contributed by atoms with Gasteiger partial charge < -0.3 is 86.8 Å². The van der Waals surface area contributed by atoms with Crippen molar-refractivity contribution in [2.24, 2.45) is 23.3 Å². The maximum atomic E-state index is 13.4. The Hall–Kier alpha value is -3.48. The van der Waals surface area contributed by atoms with E-state index in [-0.39, 0.29) is 57.7 Å². The molecule has 0 saturated carbocycles. The lowest BCUT2D eigenvalue weighted by Crippen LogP contribution is -2.59. The lowest BCUT2D eigenvalue weighted by atomic mass is 9.82. The van der Waals surface area contributed by atoms with E-state index in [0.717, 1.165) is 0 Å². The average molecular weight is 938 g/mol. The minimum Gasteiger partial charge on any atom is -0.462 e. The van der Waals surface area contributed by atoms with Crippen molar-refractivity contribution in [3.05, 3.63) is 85.1 Å². The maximum absolute atomic E-state index is 13.4. The summed E-state index contributed by atoms with van der Waals surface area (Å²) >= 11 is 0. The van der Waals surface area contributed by atoms with E-state index in [1.54, 1.807) is 61.6 Å². The Morgan fingerprint density at radius 1 is 0.727 bits per heavy atom. The highest BCUT2D eigenvalue weighted by Gasteiger charge is 2.50. The SMILES string of the molecule is C[C@H]1C[C@H](O)[C@@H](C)/C=C/C=C/C=C/C=C/C=C/C=C/C=C/C(O[C@@H]2OC[C@@H](O)[C@H](N)[C@H]2O)C[C@@H]2OC(O)(C[C@@H](O)CC(O)C(O)CCC(O)CC(O)CC(=O)O1)C[C@H](O)[C@H]2C(=O)NCCN. The van der Waals surface area contributed by atoms with Crippen LogP contribution < -0.4 is 16.8 Å². The van der Waals surface area contributed by atoms with Crippen LogP contribution in [0.3, 0.4) is 0 Å². The number of hydrogen-bond donors (Lipinski definition) is 13. The van der Waals surface area contributed by atoms with E-state index in [2.05, 4.69) is 5.32 Å². The number of cyclic esters (lactones) is 1. The van der Waals surface area contributed by atoms with Gasteiger partial charge in [0.15, 0.2) is 12.1 Å². The second-order valence-electron chi connectivity index (χ2n) is 17.4. The van der Waals surface area contributed by atoms with Crippen LogP contribution in [0.25, 0.3) is 0 Å². The van der Waals surface area contributed by atoms with Crippen molar-refractivity contribution in [3.8, 4) is 0 Å². The molecule has 374 valence electrons. The quantitative estimate of drug-likeness (QED) is 0.148. The summed E-state index contributed by atoms with van der Waals surface area (Å²) in [4.78, 5) is 25.9. The molecule has 19 nitrogen and oxygen atoms in total. The summed E-state index contributed by atoms with van der Waals surface area (Å²) < 4.78 is 23.2. The van der Waals surface area contributed by atoms with E-state index < -0.39 is 135 Å². The summed E-state index contributed by atoms with van der Waals surface area (Å²) in [6, 6.07) is -1.11. The van der Waals surface area contributed by atoms with Crippen LogP contribution in [0.5, 0.6) is 0 Å². The summed E-state index contributed by atoms with van der Waals surface area (Å²) in [5.74, 6) is -5.16. The van der Waals surface area contributed by atoms with Crippen LogP contribution in [0.1, 0.15) is 71.6 Å². The summed E-state index contributed by atoms with van der Waals surface area (Å²) in [6.07, 6.45) is 5.78. The van der Waals surface area contributed by atoms with Crippen LogP contribution in [-0.2, 0) is 28.5 Å². The predicted octanol–water partition coefficient (Wildman–Crippen LogP) is -0.932. The van der Waals surface area contributed by atoms with Gasteiger partial charge in [0.25, 0.3) is 0 Å². The second-order valence-corrected chi connectivity index (χ2v) is 17.4. The fourth-order valence-electron chi connectivity index (χ4n) is 7.82. The van der Waals surface area contributed by atoms with Gasteiger partial charge in [-0.25, -0.2) is 0 Å². The van der Waals surface area contributed by atoms with Gasteiger partial charge in [-0.3, -0.25) is 9.59 Å². The largest absolute Gasteiger partial charge is 0.462 e. The van der Waals surface area contributed by atoms with Gasteiger partial charge in [0.05, 0.1) is 86.0 Å². The zero-order chi connectivity index (χ0) is 48.8. The molecule has 19 heteroatoms. The van der Waals surface area contributed by atoms with E-state index in [4.69, 9.17) is 30.4 Å². The normalized spacial score (nSPS) is 42.7. The van der Waals surface area contributed by atoms with E-state index in [1.807, 2.05) is 37.3 Å². The van der Waals surface area contributed by atoms with Gasteiger partial charge >= 0.3 is 5.97 Å². The van der Waals surface area contributed by atoms with E-state index in [1.165, 1.54) is 0 Å². The van der Waals surface area contributed by atoms with Crippen LogP contribution in [0.2, 0.25) is 0 Å². The van der Waals surface area contributed by atoms with Gasteiger partial charge in [0.2, 0.25) is 5.91 Å². The molecule has 0 aromatic carbocycles. The fraction of sp³-hybridized carbons (Fsp3) is 0.660. The number of amides is 1. The van der Waals surface area contributed by atoms with Crippen molar-refractivity contribution in [2.45, 2.75) is 163 Å². The van der Waals surface area contributed by atoms with E-state index in [0.29, 0.717) is 0 Å². The molecular weight excluding hydrogens is 863 g/mol. The van der Waals surface area contributed by atoms with Crippen molar-refractivity contribution in [1.29, 1.82) is 0 Å². The number of ether oxygens (including phenoxy) is 4. The number of carbonyl (C=O) groups is 2. The Kier molecular flexibility index (Phi) is 25.3. The van der Waals surface area contributed by atoms with Crippen molar-refractivity contribution in [1.82, 2.24) is 5.32 Å². The standard InChI is InChI=1S/C47H75N3O16/c1-29-15-13-11-9-7-5-3-4-6-8-10-12-14-16-34(65-46-44(60)43(49)39(58)28-63-46)25-40-42(45(61)50-20-19-48)38(57)27-47(62,66-40)26-33(53)23-37(56)35(54)18-17-31(51)22-32(52)24-41(59)64-30(2)21-36(29)55/h3-16,29-40,42-44,46,51-58,60,62H,17-28,48-49H2,1-2H3,(H,50,61)/b4-3+,7-5+,8-6+,11-9+,12-10+,15-13+,16-14+/t29-,30-,31?,32?,33-,34?,35?,36-,37?,38-,39+,40-,42+,43-,44+,46-,47?/m0/s1. The summed E-state index contributed by atoms with van der Waals surface area (Å²) in [5, 5.41) is 111. The number of fused-ring (bicyclic) bond motifs is 2. The average Bonchev–Trinajstić information content (AvgIpc) is 3.23. The Labute approximate surface area is 387 Å². The van der Waals surface area contributed by atoms with Gasteiger partial charge in [-0.05, 0) is 26.2 Å². The molecule has 2 fully saturated rings. The molecule has 3 rings (SSSR count). The van der Waals surface area contributed by atoms with Gasteiger partial charge in [-0.15, -0.1) is 0 Å². The summed E-state index contributed by atoms with van der Waals surface area (Å²) in [6.45, 7) is 3.36. The third-order valence-corrected chi connectivity index (χ3v) is 11.5. The first kappa shape index (κ1) is 56.8. The number of aliphatic hydroxyl groups is 10. The topological polar surface area (TPSA) is 337 Å². The highest BCUT2D eigenvalue weighted by atomic mass is 16.7. The maximum Gasteiger partial charge on any atom is 0.308 e. The number of allylic oxidation sites excluding steroid dienone is 12. The number of esters is 1. The summed E-state index contributed by atoms with van der Waals surface area (Å²) in [7, 11) is 0. The first-order valence-corrected chi connectivity index (χ1v) is 22.7. The molecule has 6 unspecified atom stereocenters. The number of rotatable bonds is 5. The predicted molar refractivity (Wildman–Crippen MR) is 242 cm³/mol. The molecule has 0 aromatic rings. The lowest BCUT2D eigenvalue weighted by Gasteiger charge is -2.45. The minimum absolute atomic E-state index is 0.0655. The molecule has 0 aromatic heterocycles. The first-order valence-electron chi connectivity index (χ1n) is 22.7. The van der Waals surface area contributed by atoms with Crippen LogP contribution in [0.15, 0.2) is 85.1 Å². The highest BCUT2D eigenvalue weighted by molar-refractivity contribution is 5.80. The van der Waals surface area contributed by atoms with Crippen molar-refractivity contribution < 1.29 is 79.6 Å². The van der Waals surface area contributed by atoms with Crippen molar-refractivity contribution >= 4 is 11.9 Å². The molecule has 2 bridgehead atoms. The third kappa shape index (κ3) is 20.4. The molecule has 66 heavy (non-hydrogen) atoms. The van der Waals surface area contributed by atoms with Crippen molar-refractivity contribution in [3.63, 3.8) is 0 Å². The second kappa shape index (κ2) is 29.4. The minimum atomic E-state index is -2.26. The van der Waals surface area contributed by atoms with E-state index >= 15 is 0 Å². The van der Waals surface area contributed by atoms with E-state index in [9.17, 15) is 60.7 Å².